The predicted molar refractivity (Wildman–Crippen MR) is 86.8 cm³/mol. The van der Waals surface area contributed by atoms with Gasteiger partial charge in [-0.15, -0.1) is 11.3 Å². The standard InChI is InChI=1S/C13H24N4O2S2/c1-10(2)14-9-12-4-6-17(7-5-12)21(18,19)16-13-15-8-11(3)20-13/h8,10,12,14H,4-7,9H2,1-3H3,(H,15,16). The van der Waals surface area contributed by atoms with Crippen LogP contribution in [0.2, 0.25) is 0 Å². The van der Waals surface area contributed by atoms with Crippen molar-refractivity contribution in [2.75, 3.05) is 24.4 Å². The molecule has 2 heterocycles. The molecule has 0 atom stereocenters. The van der Waals surface area contributed by atoms with Crippen LogP contribution in [0.5, 0.6) is 0 Å². The number of rotatable bonds is 6. The summed E-state index contributed by atoms with van der Waals surface area (Å²) in [7, 11) is -3.47. The third-order valence-corrected chi connectivity index (χ3v) is 6.02. The number of nitrogens with one attached hydrogen (secondary N) is 2. The normalized spacial score (nSPS) is 18.3. The number of hydrogen-bond donors (Lipinski definition) is 2. The molecule has 0 amide bonds. The van der Waals surface area contributed by atoms with Gasteiger partial charge in [0.1, 0.15) is 0 Å². The topological polar surface area (TPSA) is 74.3 Å². The molecule has 0 bridgehead atoms. The quantitative estimate of drug-likeness (QED) is 0.833. The molecule has 1 aliphatic heterocycles. The minimum atomic E-state index is -3.47. The highest BCUT2D eigenvalue weighted by Gasteiger charge is 2.28. The van der Waals surface area contributed by atoms with Crippen molar-refractivity contribution in [3.05, 3.63) is 11.1 Å². The minimum absolute atomic E-state index is 0.441. The van der Waals surface area contributed by atoms with E-state index in [2.05, 4.69) is 28.9 Å². The van der Waals surface area contributed by atoms with E-state index in [1.54, 1.807) is 6.20 Å². The van der Waals surface area contributed by atoms with Gasteiger partial charge in [-0.25, -0.2) is 9.71 Å². The maximum absolute atomic E-state index is 12.3. The Bertz CT molecular complexity index is 548. The van der Waals surface area contributed by atoms with E-state index < -0.39 is 10.2 Å². The molecule has 0 aliphatic carbocycles. The molecular weight excluding hydrogens is 308 g/mol. The molecule has 1 saturated heterocycles. The van der Waals surface area contributed by atoms with Gasteiger partial charge in [-0.2, -0.15) is 12.7 Å². The lowest BCUT2D eigenvalue weighted by Crippen LogP contribution is -2.43. The van der Waals surface area contributed by atoms with Gasteiger partial charge in [0.05, 0.1) is 0 Å². The predicted octanol–water partition coefficient (Wildman–Crippen LogP) is 1.82. The van der Waals surface area contributed by atoms with E-state index in [9.17, 15) is 8.42 Å². The van der Waals surface area contributed by atoms with Crippen LogP contribution in [0.3, 0.4) is 0 Å². The molecule has 1 aromatic heterocycles. The molecular formula is C13H24N4O2S2. The van der Waals surface area contributed by atoms with Gasteiger partial charge in [0.25, 0.3) is 0 Å². The van der Waals surface area contributed by atoms with E-state index in [0.29, 0.717) is 30.2 Å². The van der Waals surface area contributed by atoms with Gasteiger partial charge in [-0.05, 0) is 32.2 Å². The number of piperidine rings is 1. The van der Waals surface area contributed by atoms with Crippen molar-refractivity contribution in [3.8, 4) is 0 Å². The van der Waals surface area contributed by atoms with Gasteiger partial charge in [-0.3, -0.25) is 0 Å². The van der Waals surface area contributed by atoms with Crippen LogP contribution in [0.1, 0.15) is 31.6 Å². The second-order valence-electron chi connectivity index (χ2n) is 5.79. The summed E-state index contributed by atoms with van der Waals surface area (Å²) in [6.45, 7) is 8.26. The summed E-state index contributed by atoms with van der Waals surface area (Å²) >= 11 is 1.35. The van der Waals surface area contributed by atoms with Gasteiger partial charge in [0, 0.05) is 30.2 Å². The smallest absolute Gasteiger partial charge is 0.303 e. The summed E-state index contributed by atoms with van der Waals surface area (Å²) in [6, 6.07) is 0.474. The van der Waals surface area contributed by atoms with Crippen LogP contribution >= 0.6 is 11.3 Å². The number of thiazole rings is 1. The fourth-order valence-electron chi connectivity index (χ4n) is 2.33. The van der Waals surface area contributed by atoms with Gasteiger partial charge >= 0.3 is 10.2 Å². The Morgan fingerprint density at radius 3 is 2.62 bits per heavy atom. The first-order valence-electron chi connectivity index (χ1n) is 7.30. The molecule has 1 fully saturated rings. The Labute approximate surface area is 131 Å². The van der Waals surface area contributed by atoms with Gasteiger partial charge in [0.2, 0.25) is 0 Å². The molecule has 1 aromatic rings. The zero-order chi connectivity index (χ0) is 15.5. The molecule has 1 aliphatic rings. The van der Waals surface area contributed by atoms with E-state index in [4.69, 9.17) is 0 Å². The maximum Gasteiger partial charge on any atom is 0.303 e. The third kappa shape index (κ3) is 4.91. The number of anilines is 1. The molecule has 120 valence electrons. The summed E-state index contributed by atoms with van der Waals surface area (Å²) in [6.07, 6.45) is 3.47. The van der Waals surface area contributed by atoms with Crippen molar-refractivity contribution in [1.82, 2.24) is 14.6 Å². The zero-order valence-corrected chi connectivity index (χ0v) is 14.4. The Morgan fingerprint density at radius 2 is 2.10 bits per heavy atom. The molecule has 6 nitrogen and oxygen atoms in total. The number of aryl methyl sites for hydroxylation is 1. The summed E-state index contributed by atoms with van der Waals surface area (Å²) in [5.41, 5.74) is 0. The lowest BCUT2D eigenvalue weighted by molar-refractivity contribution is 0.265. The number of aromatic nitrogens is 1. The van der Waals surface area contributed by atoms with Crippen LogP contribution < -0.4 is 10.0 Å². The zero-order valence-electron chi connectivity index (χ0n) is 12.8. The Hall–Kier alpha value is -0.700. The summed E-state index contributed by atoms with van der Waals surface area (Å²) in [5.74, 6) is 0.556. The van der Waals surface area contributed by atoms with Crippen LogP contribution in [-0.2, 0) is 10.2 Å². The molecule has 0 radical (unpaired) electrons. The van der Waals surface area contributed by atoms with E-state index in [0.717, 1.165) is 24.3 Å². The first kappa shape index (κ1) is 16.7. The highest BCUT2D eigenvalue weighted by atomic mass is 32.2. The average Bonchev–Trinajstić information content (AvgIpc) is 2.81. The molecule has 21 heavy (non-hydrogen) atoms. The SMILES string of the molecule is Cc1cnc(NS(=O)(=O)N2CCC(CNC(C)C)CC2)s1. The van der Waals surface area contributed by atoms with Crippen LogP contribution in [0.15, 0.2) is 6.20 Å². The molecule has 8 heteroatoms. The summed E-state index contributed by atoms with van der Waals surface area (Å²) < 4.78 is 28.7. The van der Waals surface area contributed by atoms with Crippen molar-refractivity contribution < 1.29 is 8.42 Å². The Morgan fingerprint density at radius 1 is 1.43 bits per heavy atom. The fourth-order valence-corrected chi connectivity index (χ4v) is 4.43. The van der Waals surface area contributed by atoms with E-state index in [-0.39, 0.29) is 0 Å². The van der Waals surface area contributed by atoms with Crippen molar-refractivity contribution >= 4 is 26.7 Å². The first-order valence-corrected chi connectivity index (χ1v) is 9.56. The van der Waals surface area contributed by atoms with Crippen molar-refractivity contribution in [2.24, 2.45) is 5.92 Å². The summed E-state index contributed by atoms with van der Waals surface area (Å²) in [5, 5.41) is 3.86. The van der Waals surface area contributed by atoms with Crippen LogP contribution in [0.25, 0.3) is 0 Å². The lowest BCUT2D eigenvalue weighted by Gasteiger charge is -2.31. The highest BCUT2D eigenvalue weighted by molar-refractivity contribution is 7.90. The molecule has 0 spiro atoms. The Kier molecular flexibility index (Phi) is 5.59. The molecule has 2 rings (SSSR count). The van der Waals surface area contributed by atoms with E-state index >= 15 is 0 Å². The number of hydrogen-bond acceptors (Lipinski definition) is 5. The fraction of sp³-hybridized carbons (Fsp3) is 0.769. The average molecular weight is 332 g/mol. The van der Waals surface area contributed by atoms with Gasteiger partial charge in [0.15, 0.2) is 5.13 Å². The second kappa shape index (κ2) is 7.04. The van der Waals surface area contributed by atoms with Crippen molar-refractivity contribution in [2.45, 2.75) is 39.7 Å². The summed E-state index contributed by atoms with van der Waals surface area (Å²) in [4.78, 5) is 5.04. The molecule has 2 N–H and O–H groups in total. The molecule has 0 saturated carbocycles. The molecule has 0 aromatic carbocycles. The number of nitrogens with zero attached hydrogens (tertiary/aromatic N) is 2. The minimum Gasteiger partial charge on any atom is -0.314 e. The van der Waals surface area contributed by atoms with E-state index in [1.807, 2.05) is 6.92 Å². The van der Waals surface area contributed by atoms with Gasteiger partial charge in [-0.1, -0.05) is 13.8 Å². The third-order valence-electron chi connectivity index (χ3n) is 3.57. The van der Waals surface area contributed by atoms with Crippen molar-refractivity contribution in [1.29, 1.82) is 0 Å². The van der Waals surface area contributed by atoms with Crippen LogP contribution in [0, 0.1) is 12.8 Å². The highest BCUT2D eigenvalue weighted by Crippen LogP contribution is 2.22. The monoisotopic (exact) mass is 332 g/mol. The Balaban J connectivity index is 1.86. The van der Waals surface area contributed by atoms with Crippen LogP contribution in [-0.4, -0.2) is 43.4 Å². The van der Waals surface area contributed by atoms with Gasteiger partial charge < -0.3 is 5.32 Å². The van der Waals surface area contributed by atoms with Crippen LogP contribution in [0.4, 0.5) is 5.13 Å². The largest absolute Gasteiger partial charge is 0.314 e. The second-order valence-corrected chi connectivity index (χ2v) is 8.69. The lowest BCUT2D eigenvalue weighted by atomic mass is 9.98. The first-order chi connectivity index (χ1) is 9.87. The van der Waals surface area contributed by atoms with E-state index in [1.165, 1.54) is 15.6 Å². The molecule has 0 unspecified atom stereocenters. The van der Waals surface area contributed by atoms with Crippen molar-refractivity contribution in [3.63, 3.8) is 0 Å². The maximum atomic E-state index is 12.3.